The summed E-state index contributed by atoms with van der Waals surface area (Å²) in [5, 5.41) is 2.00. The van der Waals surface area contributed by atoms with Crippen LogP contribution in [0.2, 0.25) is 0 Å². The van der Waals surface area contributed by atoms with Crippen LogP contribution < -0.4 is 5.32 Å². The predicted molar refractivity (Wildman–Crippen MR) is 67.6 cm³/mol. The average molecular weight is 301 g/mol. The predicted octanol–water partition coefficient (Wildman–Crippen LogP) is 3.21. The topological polar surface area (TPSA) is 46.9 Å². The van der Waals surface area contributed by atoms with Gasteiger partial charge in [0.15, 0.2) is 0 Å². The molecular weight excluding hydrogens is 290 g/mol. The molecule has 1 amide bonds. The normalized spacial score (nSPS) is 11.5. The van der Waals surface area contributed by atoms with Gasteiger partial charge in [0.25, 0.3) is 0 Å². The van der Waals surface area contributed by atoms with Crippen LogP contribution in [0.15, 0.2) is 30.6 Å². The van der Waals surface area contributed by atoms with E-state index in [1.165, 1.54) is 22.9 Å². The second kappa shape index (κ2) is 5.55. The molecular formula is C13H11F4N3O. The number of imidazole rings is 1. The van der Waals surface area contributed by atoms with Crippen molar-refractivity contribution in [2.75, 3.05) is 5.32 Å². The number of amides is 1. The molecule has 21 heavy (non-hydrogen) atoms. The Hall–Kier alpha value is -2.38. The Bertz CT molecular complexity index is 664. The van der Waals surface area contributed by atoms with Gasteiger partial charge < -0.3 is 9.88 Å². The van der Waals surface area contributed by atoms with Crippen LogP contribution in [0.1, 0.15) is 12.2 Å². The first kappa shape index (κ1) is 15.0. The number of anilines is 1. The molecule has 0 aliphatic rings. The molecule has 0 aliphatic heterocycles. The molecule has 112 valence electrons. The van der Waals surface area contributed by atoms with Gasteiger partial charge >= 0.3 is 6.18 Å². The number of nitrogens with one attached hydrogen (secondary N) is 1. The van der Waals surface area contributed by atoms with Crippen LogP contribution in [0.25, 0.3) is 5.69 Å². The number of hydrogen-bond acceptors (Lipinski definition) is 2. The molecule has 0 aliphatic carbocycles. The van der Waals surface area contributed by atoms with Crippen molar-refractivity contribution in [1.29, 1.82) is 0 Å². The molecule has 4 nitrogen and oxygen atoms in total. The number of alkyl halides is 3. The van der Waals surface area contributed by atoms with Gasteiger partial charge in [0.2, 0.25) is 5.91 Å². The molecule has 0 spiro atoms. The lowest BCUT2D eigenvalue weighted by Crippen LogP contribution is -2.21. The van der Waals surface area contributed by atoms with Crippen molar-refractivity contribution < 1.29 is 22.4 Å². The number of carbonyl (C=O) groups excluding carboxylic acids is 1. The molecule has 0 bridgehead atoms. The third-order valence-electron chi connectivity index (χ3n) is 2.68. The average Bonchev–Trinajstić information content (AvgIpc) is 2.73. The highest BCUT2D eigenvalue weighted by Gasteiger charge is 2.31. The van der Waals surface area contributed by atoms with Gasteiger partial charge in [0.05, 0.1) is 5.69 Å². The van der Waals surface area contributed by atoms with E-state index in [1.807, 2.05) is 5.32 Å². The molecule has 0 saturated heterocycles. The highest BCUT2D eigenvalue weighted by Crippen LogP contribution is 2.22. The van der Waals surface area contributed by atoms with Crippen LogP contribution in [0.4, 0.5) is 23.2 Å². The summed E-state index contributed by atoms with van der Waals surface area (Å²) in [5.74, 6) is -1.36. The van der Waals surface area contributed by atoms with E-state index < -0.39 is 24.3 Å². The van der Waals surface area contributed by atoms with Crippen molar-refractivity contribution in [3.8, 4) is 5.69 Å². The van der Waals surface area contributed by atoms with Gasteiger partial charge in [0.1, 0.15) is 18.1 Å². The van der Waals surface area contributed by atoms with Crippen molar-refractivity contribution in [3.05, 3.63) is 42.2 Å². The second-order valence-corrected chi connectivity index (χ2v) is 4.35. The van der Waals surface area contributed by atoms with E-state index in [2.05, 4.69) is 4.98 Å². The number of aromatic nitrogens is 2. The fourth-order valence-electron chi connectivity index (χ4n) is 1.80. The molecule has 0 radical (unpaired) electrons. The van der Waals surface area contributed by atoms with Crippen molar-refractivity contribution in [2.45, 2.75) is 19.5 Å². The van der Waals surface area contributed by atoms with Crippen LogP contribution in [-0.2, 0) is 4.79 Å². The van der Waals surface area contributed by atoms with Gasteiger partial charge in [-0.15, -0.1) is 0 Å². The summed E-state index contributed by atoms with van der Waals surface area (Å²) in [6.45, 7) is 1.68. The number of carbonyl (C=O) groups is 1. The Kier molecular flexibility index (Phi) is 3.97. The Labute approximate surface area is 117 Å². The van der Waals surface area contributed by atoms with E-state index in [0.717, 1.165) is 6.07 Å². The zero-order valence-electron chi connectivity index (χ0n) is 10.9. The zero-order valence-corrected chi connectivity index (χ0v) is 10.9. The van der Waals surface area contributed by atoms with Crippen LogP contribution in [0, 0.1) is 12.7 Å². The number of rotatable bonds is 3. The largest absolute Gasteiger partial charge is 0.397 e. The van der Waals surface area contributed by atoms with E-state index in [1.54, 1.807) is 13.1 Å². The Morgan fingerprint density at radius 3 is 2.62 bits per heavy atom. The van der Waals surface area contributed by atoms with Crippen LogP contribution in [0.5, 0.6) is 0 Å². The minimum Gasteiger partial charge on any atom is -0.326 e. The minimum absolute atomic E-state index is 0.0386. The zero-order chi connectivity index (χ0) is 15.6. The van der Waals surface area contributed by atoms with E-state index in [9.17, 15) is 22.4 Å². The Balaban J connectivity index is 2.17. The van der Waals surface area contributed by atoms with Gasteiger partial charge in [-0.1, -0.05) is 0 Å². The highest BCUT2D eigenvalue weighted by atomic mass is 19.4. The maximum Gasteiger partial charge on any atom is 0.397 e. The summed E-state index contributed by atoms with van der Waals surface area (Å²) in [5.41, 5.74) is 0.155. The van der Waals surface area contributed by atoms with Crippen molar-refractivity contribution >= 4 is 11.6 Å². The number of aryl methyl sites for hydroxylation is 1. The molecule has 1 N–H and O–H groups in total. The third-order valence-corrected chi connectivity index (χ3v) is 2.68. The lowest BCUT2D eigenvalue weighted by molar-refractivity contribution is -0.150. The van der Waals surface area contributed by atoms with Gasteiger partial charge in [-0.25, -0.2) is 9.37 Å². The quantitative estimate of drug-likeness (QED) is 0.885. The van der Waals surface area contributed by atoms with Crippen LogP contribution >= 0.6 is 0 Å². The van der Waals surface area contributed by atoms with Gasteiger partial charge in [0, 0.05) is 18.1 Å². The van der Waals surface area contributed by atoms with Crippen molar-refractivity contribution in [1.82, 2.24) is 9.55 Å². The molecule has 0 unspecified atom stereocenters. The first-order chi connectivity index (χ1) is 9.76. The number of nitrogens with zero attached hydrogens (tertiary/aromatic N) is 2. The SMILES string of the molecule is Cc1nccn1-c1ccc(NC(=O)CC(F)(F)F)cc1F. The molecule has 0 saturated carbocycles. The second-order valence-electron chi connectivity index (χ2n) is 4.35. The van der Waals surface area contributed by atoms with Crippen molar-refractivity contribution in [2.24, 2.45) is 0 Å². The summed E-state index contributed by atoms with van der Waals surface area (Å²) < 4.78 is 51.6. The first-order valence-electron chi connectivity index (χ1n) is 5.93. The highest BCUT2D eigenvalue weighted by molar-refractivity contribution is 5.91. The van der Waals surface area contributed by atoms with Gasteiger partial charge in [-0.05, 0) is 25.1 Å². The van der Waals surface area contributed by atoms with E-state index >= 15 is 0 Å². The van der Waals surface area contributed by atoms with Gasteiger partial charge in [-0.2, -0.15) is 13.2 Å². The molecule has 1 aromatic carbocycles. The summed E-state index contributed by atoms with van der Waals surface area (Å²) >= 11 is 0. The molecule has 1 aromatic heterocycles. The lowest BCUT2D eigenvalue weighted by Gasteiger charge is -2.10. The third kappa shape index (κ3) is 3.80. The lowest BCUT2D eigenvalue weighted by atomic mass is 10.2. The Morgan fingerprint density at radius 2 is 2.10 bits per heavy atom. The molecule has 0 atom stereocenters. The van der Waals surface area contributed by atoms with Gasteiger partial charge in [-0.3, -0.25) is 4.79 Å². The molecule has 2 rings (SSSR count). The number of hydrogen-bond donors (Lipinski definition) is 1. The maximum atomic E-state index is 14.0. The molecule has 2 aromatic rings. The first-order valence-corrected chi connectivity index (χ1v) is 5.93. The molecule has 0 fully saturated rings. The number of halogens is 4. The van der Waals surface area contributed by atoms with E-state index in [4.69, 9.17) is 0 Å². The van der Waals surface area contributed by atoms with E-state index in [-0.39, 0.29) is 11.4 Å². The Morgan fingerprint density at radius 1 is 1.38 bits per heavy atom. The van der Waals surface area contributed by atoms with Crippen LogP contribution in [-0.4, -0.2) is 21.6 Å². The standard InChI is InChI=1S/C13H11F4N3O/c1-8-18-4-5-20(8)11-3-2-9(6-10(11)14)19-12(21)7-13(15,16)17/h2-6H,7H2,1H3,(H,19,21). The summed E-state index contributed by atoms with van der Waals surface area (Å²) in [6, 6.07) is 3.64. The van der Waals surface area contributed by atoms with E-state index in [0.29, 0.717) is 5.82 Å². The fourth-order valence-corrected chi connectivity index (χ4v) is 1.80. The molecule has 1 heterocycles. The smallest absolute Gasteiger partial charge is 0.326 e. The number of benzene rings is 1. The van der Waals surface area contributed by atoms with Crippen molar-refractivity contribution in [3.63, 3.8) is 0 Å². The summed E-state index contributed by atoms with van der Waals surface area (Å²) in [4.78, 5) is 15.1. The summed E-state index contributed by atoms with van der Waals surface area (Å²) in [6.07, 6.45) is -3.17. The fraction of sp³-hybridized carbons (Fsp3) is 0.231. The molecule has 8 heteroatoms. The minimum atomic E-state index is -4.60. The van der Waals surface area contributed by atoms with Crippen LogP contribution in [0.3, 0.4) is 0 Å². The maximum absolute atomic E-state index is 14.0. The monoisotopic (exact) mass is 301 g/mol. The summed E-state index contributed by atoms with van der Waals surface area (Å²) in [7, 11) is 0.